The molecular weight excluding hydrogens is 304 g/mol. The minimum Gasteiger partial charge on any atom is -0.356 e. The molecule has 0 saturated heterocycles. The Morgan fingerprint density at radius 3 is 2.46 bits per heavy atom. The van der Waals surface area contributed by atoms with E-state index in [1.807, 2.05) is 67.2 Å². The molecule has 0 atom stereocenters. The summed E-state index contributed by atoms with van der Waals surface area (Å²) in [5.74, 6) is 0.00936. The molecule has 6 nitrogen and oxygen atoms in total. The van der Waals surface area contributed by atoms with Gasteiger partial charge in [0.2, 0.25) is 5.91 Å². The van der Waals surface area contributed by atoms with Crippen LogP contribution in [0.5, 0.6) is 0 Å². The van der Waals surface area contributed by atoms with Gasteiger partial charge >= 0.3 is 6.03 Å². The van der Waals surface area contributed by atoms with Crippen LogP contribution in [0.4, 0.5) is 10.5 Å². The second-order valence-electron chi connectivity index (χ2n) is 5.82. The summed E-state index contributed by atoms with van der Waals surface area (Å²) >= 11 is 0. The Morgan fingerprint density at radius 1 is 1.04 bits per heavy atom. The zero-order valence-corrected chi connectivity index (χ0v) is 14.1. The Labute approximate surface area is 142 Å². The average molecular weight is 328 g/mol. The number of carbonyl (C=O) groups is 2. The monoisotopic (exact) mass is 328 g/mol. The van der Waals surface area contributed by atoms with Gasteiger partial charge in [0.15, 0.2) is 0 Å². The van der Waals surface area contributed by atoms with E-state index in [0.29, 0.717) is 19.5 Å². The van der Waals surface area contributed by atoms with Crippen LogP contribution in [0, 0.1) is 5.92 Å². The van der Waals surface area contributed by atoms with Crippen LogP contribution < -0.4 is 16.0 Å². The van der Waals surface area contributed by atoms with Gasteiger partial charge in [0.25, 0.3) is 0 Å². The number of urea groups is 1. The van der Waals surface area contributed by atoms with E-state index < -0.39 is 0 Å². The smallest absolute Gasteiger partial charge is 0.319 e. The van der Waals surface area contributed by atoms with Crippen LogP contribution in [0.15, 0.2) is 48.8 Å². The SMILES string of the molecule is CC(C)C(=O)NCCCNC(=O)Nc1cccc(-n2cccc2)c1. The summed E-state index contributed by atoms with van der Waals surface area (Å²) in [4.78, 5) is 23.3. The molecule has 0 fully saturated rings. The molecule has 0 radical (unpaired) electrons. The van der Waals surface area contributed by atoms with E-state index in [1.54, 1.807) is 0 Å². The highest BCUT2D eigenvalue weighted by atomic mass is 16.2. The topological polar surface area (TPSA) is 75.2 Å². The van der Waals surface area contributed by atoms with Gasteiger partial charge in [-0.15, -0.1) is 0 Å². The first kappa shape index (κ1) is 17.6. The fourth-order valence-corrected chi connectivity index (χ4v) is 2.13. The largest absolute Gasteiger partial charge is 0.356 e. The van der Waals surface area contributed by atoms with E-state index in [0.717, 1.165) is 11.4 Å². The van der Waals surface area contributed by atoms with Crippen molar-refractivity contribution >= 4 is 17.6 Å². The Hall–Kier alpha value is -2.76. The van der Waals surface area contributed by atoms with Gasteiger partial charge in [0, 0.05) is 42.8 Å². The summed E-state index contributed by atoms with van der Waals surface area (Å²) in [6, 6.07) is 11.3. The number of nitrogens with zero attached hydrogens (tertiary/aromatic N) is 1. The molecule has 0 aliphatic heterocycles. The lowest BCUT2D eigenvalue weighted by atomic mass is 10.2. The quantitative estimate of drug-likeness (QED) is 0.684. The van der Waals surface area contributed by atoms with Crippen LogP contribution >= 0.6 is 0 Å². The zero-order chi connectivity index (χ0) is 17.4. The normalized spacial score (nSPS) is 10.5. The van der Waals surface area contributed by atoms with E-state index in [9.17, 15) is 9.59 Å². The lowest BCUT2D eigenvalue weighted by Gasteiger charge is -2.10. The fourth-order valence-electron chi connectivity index (χ4n) is 2.13. The van der Waals surface area contributed by atoms with Gasteiger partial charge in [0.05, 0.1) is 0 Å². The van der Waals surface area contributed by atoms with Crippen molar-refractivity contribution in [1.82, 2.24) is 15.2 Å². The van der Waals surface area contributed by atoms with Gasteiger partial charge in [-0.2, -0.15) is 0 Å². The highest BCUT2D eigenvalue weighted by molar-refractivity contribution is 5.89. The molecule has 3 N–H and O–H groups in total. The van der Waals surface area contributed by atoms with Gasteiger partial charge < -0.3 is 20.5 Å². The third-order valence-corrected chi connectivity index (χ3v) is 3.47. The number of amides is 3. The van der Waals surface area contributed by atoms with Gasteiger partial charge in [-0.3, -0.25) is 4.79 Å². The third-order valence-electron chi connectivity index (χ3n) is 3.47. The van der Waals surface area contributed by atoms with Crippen LogP contribution in [0.25, 0.3) is 5.69 Å². The van der Waals surface area contributed by atoms with Crippen LogP contribution in [-0.2, 0) is 4.79 Å². The molecule has 2 aromatic rings. The maximum Gasteiger partial charge on any atom is 0.319 e. The van der Waals surface area contributed by atoms with Crippen LogP contribution in [-0.4, -0.2) is 29.6 Å². The van der Waals surface area contributed by atoms with Gasteiger partial charge in [-0.25, -0.2) is 4.79 Å². The number of carbonyl (C=O) groups excluding carboxylic acids is 2. The molecule has 0 aliphatic carbocycles. The van der Waals surface area contributed by atoms with Crippen molar-refractivity contribution in [2.75, 3.05) is 18.4 Å². The van der Waals surface area contributed by atoms with Crippen LogP contribution in [0.1, 0.15) is 20.3 Å². The predicted octanol–water partition coefficient (Wildman–Crippen LogP) is 2.76. The van der Waals surface area contributed by atoms with Gasteiger partial charge in [-0.1, -0.05) is 19.9 Å². The van der Waals surface area contributed by atoms with E-state index in [2.05, 4.69) is 16.0 Å². The number of benzene rings is 1. The first-order valence-corrected chi connectivity index (χ1v) is 8.12. The molecule has 0 spiro atoms. The molecule has 0 aliphatic rings. The standard InChI is InChI=1S/C18H24N4O2/c1-14(2)17(23)19-9-6-10-20-18(24)21-15-7-5-8-16(13-15)22-11-3-4-12-22/h3-5,7-8,11-14H,6,9-10H2,1-2H3,(H,19,23)(H2,20,21,24). The maximum atomic E-state index is 11.9. The molecule has 1 aromatic heterocycles. The van der Waals surface area contributed by atoms with Crippen LogP contribution in [0.2, 0.25) is 0 Å². The number of hydrogen-bond acceptors (Lipinski definition) is 2. The Kier molecular flexibility index (Phi) is 6.42. The van der Waals surface area contributed by atoms with Crippen molar-refractivity contribution in [2.24, 2.45) is 5.92 Å². The summed E-state index contributed by atoms with van der Waals surface area (Å²) in [7, 11) is 0. The number of hydrogen-bond donors (Lipinski definition) is 3. The highest BCUT2D eigenvalue weighted by Gasteiger charge is 2.06. The Bertz CT molecular complexity index is 665. The second-order valence-corrected chi connectivity index (χ2v) is 5.82. The average Bonchev–Trinajstić information content (AvgIpc) is 3.09. The minimum atomic E-state index is -0.255. The first-order valence-electron chi connectivity index (χ1n) is 8.12. The maximum absolute atomic E-state index is 11.9. The lowest BCUT2D eigenvalue weighted by Crippen LogP contribution is -2.33. The lowest BCUT2D eigenvalue weighted by molar-refractivity contribution is -0.123. The van der Waals surface area contributed by atoms with E-state index in [1.165, 1.54) is 0 Å². The van der Waals surface area contributed by atoms with Gasteiger partial charge in [-0.05, 0) is 36.8 Å². The molecule has 24 heavy (non-hydrogen) atoms. The summed E-state index contributed by atoms with van der Waals surface area (Å²) < 4.78 is 1.97. The van der Waals surface area contributed by atoms with Crippen molar-refractivity contribution in [3.63, 3.8) is 0 Å². The zero-order valence-electron chi connectivity index (χ0n) is 14.1. The molecule has 0 unspecified atom stereocenters. The molecule has 3 amide bonds. The molecular formula is C18H24N4O2. The summed E-state index contributed by atoms with van der Waals surface area (Å²) in [5.41, 5.74) is 1.71. The summed E-state index contributed by atoms with van der Waals surface area (Å²) in [6.07, 6.45) is 4.59. The first-order chi connectivity index (χ1) is 11.6. The molecule has 1 heterocycles. The number of rotatable bonds is 7. The van der Waals surface area contributed by atoms with Gasteiger partial charge in [0.1, 0.15) is 0 Å². The molecule has 128 valence electrons. The molecule has 6 heteroatoms. The van der Waals surface area contributed by atoms with E-state index in [-0.39, 0.29) is 17.9 Å². The number of aromatic nitrogens is 1. The number of anilines is 1. The molecule has 0 bridgehead atoms. The number of nitrogens with one attached hydrogen (secondary N) is 3. The van der Waals surface area contributed by atoms with Crippen molar-refractivity contribution in [1.29, 1.82) is 0 Å². The van der Waals surface area contributed by atoms with Crippen molar-refractivity contribution in [2.45, 2.75) is 20.3 Å². The Balaban J connectivity index is 1.73. The summed E-state index contributed by atoms with van der Waals surface area (Å²) in [5, 5.41) is 8.41. The van der Waals surface area contributed by atoms with E-state index >= 15 is 0 Å². The minimum absolute atomic E-state index is 0.0196. The fraction of sp³-hybridized carbons (Fsp3) is 0.333. The summed E-state index contributed by atoms with van der Waals surface area (Å²) in [6.45, 7) is 4.76. The van der Waals surface area contributed by atoms with Crippen molar-refractivity contribution in [3.8, 4) is 5.69 Å². The predicted molar refractivity (Wildman–Crippen MR) is 95.3 cm³/mol. The van der Waals surface area contributed by atoms with Crippen LogP contribution in [0.3, 0.4) is 0 Å². The molecule has 0 saturated carbocycles. The van der Waals surface area contributed by atoms with E-state index in [4.69, 9.17) is 0 Å². The molecule has 1 aromatic carbocycles. The van der Waals surface area contributed by atoms with Crippen molar-refractivity contribution in [3.05, 3.63) is 48.8 Å². The Morgan fingerprint density at radius 2 is 1.75 bits per heavy atom. The highest BCUT2D eigenvalue weighted by Crippen LogP contribution is 2.14. The molecule has 2 rings (SSSR count). The third kappa shape index (κ3) is 5.46. The second kappa shape index (κ2) is 8.76. The van der Waals surface area contributed by atoms with Crippen molar-refractivity contribution < 1.29 is 9.59 Å².